The van der Waals surface area contributed by atoms with E-state index in [9.17, 15) is 9.59 Å². The van der Waals surface area contributed by atoms with Crippen molar-refractivity contribution >= 4 is 11.8 Å². The van der Waals surface area contributed by atoms with E-state index >= 15 is 0 Å². The quantitative estimate of drug-likeness (QED) is 0.652. The summed E-state index contributed by atoms with van der Waals surface area (Å²) >= 11 is 0. The molecule has 0 spiro atoms. The van der Waals surface area contributed by atoms with Gasteiger partial charge in [-0.3, -0.25) is 9.59 Å². The van der Waals surface area contributed by atoms with Gasteiger partial charge in [0.05, 0.1) is 6.42 Å². The van der Waals surface area contributed by atoms with E-state index in [4.69, 9.17) is 5.11 Å². The molecule has 0 saturated carbocycles. The first-order valence-electron chi connectivity index (χ1n) is 3.86. The van der Waals surface area contributed by atoms with Gasteiger partial charge in [-0.15, -0.1) is 0 Å². The Kier molecular flexibility index (Phi) is 4.26. The Morgan fingerprint density at radius 1 is 1.42 bits per heavy atom. The first kappa shape index (κ1) is 10.9. The second-order valence-corrected chi connectivity index (χ2v) is 3.06. The second-order valence-electron chi connectivity index (χ2n) is 3.06. The Morgan fingerprint density at radius 2 is 1.92 bits per heavy atom. The molecule has 1 N–H and O–H groups in total. The van der Waals surface area contributed by atoms with Crippen molar-refractivity contribution in [1.82, 2.24) is 0 Å². The third kappa shape index (κ3) is 4.66. The fourth-order valence-corrected chi connectivity index (χ4v) is 0.858. The average Bonchev–Trinajstić information content (AvgIpc) is 1.83. The molecule has 0 saturated heterocycles. The molecule has 0 aromatic carbocycles. The lowest BCUT2D eigenvalue weighted by Crippen LogP contribution is -2.04. The van der Waals surface area contributed by atoms with Crippen LogP contribution in [0, 0.1) is 5.92 Å². The van der Waals surface area contributed by atoms with Gasteiger partial charge in [0.15, 0.2) is 5.78 Å². The van der Waals surface area contributed by atoms with Gasteiger partial charge in [0.1, 0.15) is 0 Å². The van der Waals surface area contributed by atoms with E-state index in [1.807, 2.05) is 13.8 Å². The minimum Gasteiger partial charge on any atom is -0.481 e. The SMILES string of the molecule is CC(=O)/C=C(\CC(=O)O)C(C)C. The van der Waals surface area contributed by atoms with E-state index in [0.29, 0.717) is 5.57 Å². The molecule has 0 fully saturated rings. The fourth-order valence-electron chi connectivity index (χ4n) is 0.858. The number of rotatable bonds is 4. The highest BCUT2D eigenvalue weighted by atomic mass is 16.4. The normalized spacial score (nSPS) is 11.8. The third-order valence-electron chi connectivity index (χ3n) is 1.49. The zero-order valence-corrected chi connectivity index (χ0v) is 7.63. The first-order chi connectivity index (χ1) is 5.43. The van der Waals surface area contributed by atoms with Crippen LogP contribution in [0.5, 0.6) is 0 Å². The lowest BCUT2D eigenvalue weighted by molar-refractivity contribution is -0.136. The van der Waals surface area contributed by atoms with Crippen LogP contribution in [-0.4, -0.2) is 16.9 Å². The zero-order valence-electron chi connectivity index (χ0n) is 7.63. The predicted octanol–water partition coefficient (Wildman–Crippen LogP) is 1.63. The number of carboxylic acids is 1. The summed E-state index contributed by atoms with van der Waals surface area (Å²) in [4.78, 5) is 21.0. The fraction of sp³-hybridized carbons (Fsp3) is 0.556. The average molecular weight is 170 g/mol. The Labute approximate surface area is 72.1 Å². The Morgan fingerprint density at radius 3 is 2.17 bits per heavy atom. The van der Waals surface area contributed by atoms with E-state index in [1.54, 1.807) is 0 Å². The van der Waals surface area contributed by atoms with Gasteiger partial charge in [-0.2, -0.15) is 0 Å². The van der Waals surface area contributed by atoms with Gasteiger partial charge in [0, 0.05) is 0 Å². The monoisotopic (exact) mass is 170 g/mol. The smallest absolute Gasteiger partial charge is 0.307 e. The Hall–Kier alpha value is -1.12. The maximum Gasteiger partial charge on any atom is 0.307 e. The van der Waals surface area contributed by atoms with Gasteiger partial charge in [-0.05, 0) is 18.9 Å². The molecule has 0 aliphatic heterocycles. The molecule has 0 rings (SSSR count). The molecule has 0 heterocycles. The Balaban J connectivity index is 4.44. The standard InChI is InChI=1S/C9H14O3/c1-6(2)8(4-7(3)10)5-9(11)12/h4,6H,5H2,1-3H3,(H,11,12)/b8-4+. The van der Waals surface area contributed by atoms with E-state index < -0.39 is 5.97 Å². The van der Waals surface area contributed by atoms with Crippen LogP contribution in [0.15, 0.2) is 11.6 Å². The highest BCUT2D eigenvalue weighted by Gasteiger charge is 2.08. The molecule has 0 bridgehead atoms. The van der Waals surface area contributed by atoms with Crippen LogP contribution in [0.1, 0.15) is 27.2 Å². The van der Waals surface area contributed by atoms with Crippen LogP contribution >= 0.6 is 0 Å². The van der Waals surface area contributed by atoms with Crippen LogP contribution in [0.25, 0.3) is 0 Å². The third-order valence-corrected chi connectivity index (χ3v) is 1.49. The van der Waals surface area contributed by atoms with Crippen LogP contribution in [0.2, 0.25) is 0 Å². The number of aliphatic carboxylic acids is 1. The predicted molar refractivity (Wildman–Crippen MR) is 45.9 cm³/mol. The zero-order chi connectivity index (χ0) is 9.72. The van der Waals surface area contributed by atoms with Crippen LogP contribution in [-0.2, 0) is 9.59 Å². The van der Waals surface area contributed by atoms with Crippen molar-refractivity contribution in [2.45, 2.75) is 27.2 Å². The van der Waals surface area contributed by atoms with Gasteiger partial charge in [0.2, 0.25) is 0 Å². The summed E-state index contributed by atoms with van der Waals surface area (Å²) in [5.74, 6) is -0.874. The maximum absolute atomic E-state index is 10.7. The van der Waals surface area contributed by atoms with Gasteiger partial charge in [-0.25, -0.2) is 0 Å². The summed E-state index contributed by atoms with van der Waals surface area (Å²) in [5.41, 5.74) is 0.676. The number of hydrogen-bond acceptors (Lipinski definition) is 2. The van der Waals surface area contributed by atoms with Gasteiger partial charge < -0.3 is 5.11 Å². The number of carbonyl (C=O) groups excluding carboxylic acids is 1. The molecule has 0 aromatic rings. The lowest BCUT2D eigenvalue weighted by atomic mass is 9.99. The van der Waals surface area contributed by atoms with Crippen molar-refractivity contribution in [3.8, 4) is 0 Å². The van der Waals surface area contributed by atoms with Crippen molar-refractivity contribution in [2.24, 2.45) is 5.92 Å². The van der Waals surface area contributed by atoms with E-state index in [1.165, 1.54) is 13.0 Å². The summed E-state index contributed by atoms with van der Waals surface area (Å²) in [6, 6.07) is 0. The number of carbonyl (C=O) groups is 2. The number of carboxylic acid groups (broad SMARTS) is 1. The minimum absolute atomic E-state index is 0.0444. The van der Waals surface area contributed by atoms with Gasteiger partial charge >= 0.3 is 5.97 Å². The maximum atomic E-state index is 10.7. The van der Waals surface area contributed by atoms with Crippen molar-refractivity contribution < 1.29 is 14.7 Å². The summed E-state index contributed by atoms with van der Waals surface area (Å²) in [5, 5.41) is 8.49. The van der Waals surface area contributed by atoms with Gasteiger partial charge in [0.25, 0.3) is 0 Å². The summed E-state index contributed by atoms with van der Waals surface area (Å²) in [7, 11) is 0. The Bertz CT molecular complexity index is 214. The van der Waals surface area contributed by atoms with Crippen molar-refractivity contribution in [3.63, 3.8) is 0 Å². The lowest BCUT2D eigenvalue weighted by Gasteiger charge is -2.07. The molecule has 0 aliphatic carbocycles. The molecule has 0 atom stereocenters. The van der Waals surface area contributed by atoms with E-state index in [-0.39, 0.29) is 18.1 Å². The van der Waals surface area contributed by atoms with Crippen LogP contribution in [0.4, 0.5) is 0 Å². The number of allylic oxidation sites excluding steroid dienone is 1. The summed E-state index contributed by atoms with van der Waals surface area (Å²) in [6.45, 7) is 5.17. The topological polar surface area (TPSA) is 54.4 Å². The first-order valence-corrected chi connectivity index (χ1v) is 3.86. The summed E-state index contributed by atoms with van der Waals surface area (Å²) < 4.78 is 0. The summed E-state index contributed by atoms with van der Waals surface area (Å²) in [6.07, 6.45) is 1.36. The highest BCUT2D eigenvalue weighted by Crippen LogP contribution is 2.13. The highest BCUT2D eigenvalue weighted by molar-refractivity contribution is 5.89. The molecule has 0 aromatic heterocycles. The molecule has 68 valence electrons. The van der Waals surface area contributed by atoms with Crippen molar-refractivity contribution in [3.05, 3.63) is 11.6 Å². The molecule has 0 unspecified atom stereocenters. The largest absolute Gasteiger partial charge is 0.481 e. The molecule has 0 amide bonds. The molecule has 0 aliphatic rings. The minimum atomic E-state index is -0.892. The molecule has 3 heteroatoms. The number of hydrogen-bond donors (Lipinski definition) is 1. The molecule has 12 heavy (non-hydrogen) atoms. The second kappa shape index (κ2) is 4.70. The molecule has 0 radical (unpaired) electrons. The molecular weight excluding hydrogens is 156 g/mol. The van der Waals surface area contributed by atoms with Crippen LogP contribution < -0.4 is 0 Å². The molecular formula is C9H14O3. The van der Waals surface area contributed by atoms with E-state index in [2.05, 4.69) is 0 Å². The molecule has 3 nitrogen and oxygen atoms in total. The van der Waals surface area contributed by atoms with Gasteiger partial charge in [-0.1, -0.05) is 19.4 Å². The number of ketones is 1. The van der Waals surface area contributed by atoms with Crippen LogP contribution in [0.3, 0.4) is 0 Å². The van der Waals surface area contributed by atoms with Crippen molar-refractivity contribution in [1.29, 1.82) is 0 Å². The van der Waals surface area contributed by atoms with Crippen molar-refractivity contribution in [2.75, 3.05) is 0 Å². The van der Waals surface area contributed by atoms with E-state index in [0.717, 1.165) is 0 Å².